The highest BCUT2D eigenvalue weighted by atomic mass is 16.3. The molecular formula is C8H11N5O2. The number of rotatable bonds is 3. The fourth-order valence-electron chi connectivity index (χ4n) is 1.34. The van der Waals surface area contributed by atoms with Crippen LogP contribution in [0.3, 0.4) is 0 Å². The van der Waals surface area contributed by atoms with Crippen molar-refractivity contribution in [2.24, 2.45) is 0 Å². The van der Waals surface area contributed by atoms with Gasteiger partial charge in [-0.25, -0.2) is 9.97 Å². The highest BCUT2D eigenvalue weighted by Crippen LogP contribution is 2.03. The Morgan fingerprint density at radius 1 is 1.53 bits per heavy atom. The number of nitrogens with zero attached hydrogens (tertiary/aromatic N) is 3. The summed E-state index contributed by atoms with van der Waals surface area (Å²) in [6.45, 7) is -0.118. The van der Waals surface area contributed by atoms with Gasteiger partial charge in [-0.2, -0.15) is 0 Å². The molecule has 4 N–H and O–H groups in total. The summed E-state index contributed by atoms with van der Waals surface area (Å²) in [5, 5.41) is 25.5. The van der Waals surface area contributed by atoms with Gasteiger partial charge in [0, 0.05) is 0 Å². The second kappa shape index (κ2) is 3.79. The van der Waals surface area contributed by atoms with Crippen molar-refractivity contribution in [1.29, 1.82) is 5.41 Å². The van der Waals surface area contributed by atoms with E-state index in [9.17, 15) is 5.11 Å². The van der Waals surface area contributed by atoms with Crippen molar-refractivity contribution in [3.63, 3.8) is 0 Å². The van der Waals surface area contributed by atoms with E-state index in [1.54, 1.807) is 4.57 Å². The number of aliphatic hydroxyl groups is 2. The molecule has 0 amide bonds. The SMILES string of the molecule is N=c1ncn(CC(O)CO)c2nc[nH]c12. The van der Waals surface area contributed by atoms with Crippen molar-refractivity contribution < 1.29 is 10.2 Å². The van der Waals surface area contributed by atoms with Gasteiger partial charge >= 0.3 is 0 Å². The molecule has 0 fully saturated rings. The topological polar surface area (TPSA) is 111 Å². The lowest BCUT2D eigenvalue weighted by Crippen LogP contribution is -2.22. The van der Waals surface area contributed by atoms with Crippen LogP contribution < -0.4 is 5.49 Å². The van der Waals surface area contributed by atoms with Gasteiger partial charge in [0.2, 0.25) is 0 Å². The molecule has 0 aliphatic rings. The minimum absolute atomic E-state index is 0.109. The predicted molar refractivity (Wildman–Crippen MR) is 50.8 cm³/mol. The molecule has 0 aliphatic carbocycles. The zero-order chi connectivity index (χ0) is 10.8. The number of imidazole rings is 1. The summed E-state index contributed by atoms with van der Waals surface area (Å²) in [4.78, 5) is 10.6. The van der Waals surface area contributed by atoms with E-state index >= 15 is 0 Å². The fraction of sp³-hybridized carbons (Fsp3) is 0.375. The Morgan fingerprint density at radius 2 is 2.33 bits per heavy atom. The summed E-state index contributed by atoms with van der Waals surface area (Å²) in [6.07, 6.45) is 2.03. The molecule has 80 valence electrons. The Labute approximate surface area is 84.6 Å². The average molecular weight is 209 g/mol. The molecule has 2 rings (SSSR count). The molecule has 2 aromatic rings. The van der Waals surface area contributed by atoms with Crippen LogP contribution in [0.1, 0.15) is 0 Å². The number of aliphatic hydroxyl groups excluding tert-OH is 2. The van der Waals surface area contributed by atoms with Crippen LogP contribution >= 0.6 is 0 Å². The number of aromatic amines is 1. The van der Waals surface area contributed by atoms with E-state index in [-0.39, 0.29) is 18.6 Å². The average Bonchev–Trinajstić information content (AvgIpc) is 2.71. The molecule has 2 heterocycles. The summed E-state index contributed by atoms with van der Waals surface area (Å²) in [5.41, 5.74) is 1.17. The van der Waals surface area contributed by atoms with Crippen LogP contribution in [0, 0.1) is 5.41 Å². The normalized spacial score (nSPS) is 13.2. The molecule has 0 saturated heterocycles. The third-order valence-corrected chi connectivity index (χ3v) is 2.07. The molecule has 0 spiro atoms. The zero-order valence-corrected chi connectivity index (χ0v) is 7.88. The van der Waals surface area contributed by atoms with Gasteiger partial charge in [-0.3, -0.25) is 5.41 Å². The van der Waals surface area contributed by atoms with Gasteiger partial charge < -0.3 is 19.8 Å². The van der Waals surface area contributed by atoms with Crippen molar-refractivity contribution in [2.75, 3.05) is 6.61 Å². The molecule has 15 heavy (non-hydrogen) atoms. The summed E-state index contributed by atoms with van der Waals surface area (Å²) >= 11 is 0. The van der Waals surface area contributed by atoms with E-state index in [4.69, 9.17) is 10.5 Å². The Bertz CT molecular complexity index is 517. The van der Waals surface area contributed by atoms with E-state index in [1.165, 1.54) is 12.7 Å². The molecule has 7 heteroatoms. The Morgan fingerprint density at radius 3 is 3.07 bits per heavy atom. The zero-order valence-electron chi connectivity index (χ0n) is 7.88. The number of H-pyrrole nitrogens is 1. The number of hydrogen-bond acceptors (Lipinski definition) is 5. The van der Waals surface area contributed by atoms with Crippen molar-refractivity contribution >= 4 is 11.2 Å². The first-order chi connectivity index (χ1) is 7.22. The van der Waals surface area contributed by atoms with E-state index in [1.807, 2.05) is 0 Å². The maximum atomic E-state index is 9.29. The number of nitrogens with one attached hydrogen (secondary N) is 2. The van der Waals surface area contributed by atoms with Gasteiger partial charge in [0.25, 0.3) is 0 Å². The first-order valence-corrected chi connectivity index (χ1v) is 4.44. The molecular weight excluding hydrogens is 198 g/mol. The minimum atomic E-state index is -0.853. The highest BCUT2D eigenvalue weighted by Gasteiger charge is 2.08. The monoisotopic (exact) mass is 209 g/mol. The maximum absolute atomic E-state index is 9.29. The van der Waals surface area contributed by atoms with Gasteiger partial charge in [-0.1, -0.05) is 0 Å². The first kappa shape index (κ1) is 9.81. The van der Waals surface area contributed by atoms with Crippen molar-refractivity contribution in [3.8, 4) is 0 Å². The summed E-state index contributed by atoms with van der Waals surface area (Å²) in [7, 11) is 0. The Hall–Kier alpha value is -1.73. The van der Waals surface area contributed by atoms with Crippen molar-refractivity contribution in [2.45, 2.75) is 12.6 Å². The molecule has 1 atom stereocenters. The summed E-state index contributed by atoms with van der Waals surface area (Å²) < 4.78 is 1.59. The van der Waals surface area contributed by atoms with Crippen LogP contribution in [0.2, 0.25) is 0 Å². The van der Waals surface area contributed by atoms with E-state index in [0.717, 1.165) is 0 Å². The van der Waals surface area contributed by atoms with Gasteiger partial charge in [0.1, 0.15) is 5.52 Å². The van der Waals surface area contributed by atoms with E-state index in [0.29, 0.717) is 11.2 Å². The lowest BCUT2D eigenvalue weighted by molar-refractivity contribution is 0.0817. The van der Waals surface area contributed by atoms with E-state index in [2.05, 4.69) is 15.0 Å². The lowest BCUT2D eigenvalue weighted by Gasteiger charge is -2.10. The van der Waals surface area contributed by atoms with Crippen LogP contribution in [0.5, 0.6) is 0 Å². The van der Waals surface area contributed by atoms with Crippen molar-refractivity contribution in [1.82, 2.24) is 19.5 Å². The fourth-order valence-corrected chi connectivity index (χ4v) is 1.34. The van der Waals surface area contributed by atoms with Crippen LogP contribution in [0.25, 0.3) is 11.2 Å². The number of aromatic nitrogens is 4. The second-order valence-corrected chi connectivity index (χ2v) is 3.18. The molecule has 0 radical (unpaired) electrons. The predicted octanol–water partition coefficient (Wildman–Crippen LogP) is -1.41. The minimum Gasteiger partial charge on any atom is -0.394 e. The van der Waals surface area contributed by atoms with Crippen molar-refractivity contribution in [3.05, 3.63) is 18.1 Å². The van der Waals surface area contributed by atoms with Gasteiger partial charge in [-0.15, -0.1) is 0 Å². The number of hydrogen-bond donors (Lipinski definition) is 4. The Kier molecular flexibility index (Phi) is 2.48. The Balaban J connectivity index is 2.48. The molecule has 2 aromatic heterocycles. The van der Waals surface area contributed by atoms with Crippen LogP contribution in [-0.2, 0) is 6.54 Å². The maximum Gasteiger partial charge on any atom is 0.173 e. The molecule has 7 nitrogen and oxygen atoms in total. The third kappa shape index (κ3) is 1.74. The quantitative estimate of drug-likeness (QED) is 0.497. The molecule has 0 aromatic carbocycles. The third-order valence-electron chi connectivity index (χ3n) is 2.07. The first-order valence-electron chi connectivity index (χ1n) is 4.44. The van der Waals surface area contributed by atoms with Gasteiger partial charge in [0.15, 0.2) is 11.1 Å². The van der Waals surface area contributed by atoms with Crippen LogP contribution in [0.4, 0.5) is 0 Å². The van der Waals surface area contributed by atoms with Gasteiger partial charge in [-0.05, 0) is 0 Å². The molecule has 0 bridgehead atoms. The molecule has 0 saturated carbocycles. The molecule has 1 unspecified atom stereocenters. The number of fused-ring (bicyclic) bond motifs is 1. The second-order valence-electron chi connectivity index (χ2n) is 3.18. The van der Waals surface area contributed by atoms with Gasteiger partial charge in [0.05, 0.1) is 31.9 Å². The summed E-state index contributed by atoms with van der Waals surface area (Å²) in [6, 6.07) is 0. The smallest absolute Gasteiger partial charge is 0.173 e. The van der Waals surface area contributed by atoms with Crippen LogP contribution in [-0.4, -0.2) is 42.4 Å². The molecule has 0 aliphatic heterocycles. The summed E-state index contributed by atoms with van der Waals surface area (Å²) in [5.74, 6) is 0. The van der Waals surface area contributed by atoms with E-state index < -0.39 is 6.10 Å². The lowest BCUT2D eigenvalue weighted by atomic mass is 10.3. The van der Waals surface area contributed by atoms with Crippen LogP contribution in [0.15, 0.2) is 12.7 Å². The highest BCUT2D eigenvalue weighted by molar-refractivity contribution is 5.68. The largest absolute Gasteiger partial charge is 0.394 e. The standard InChI is InChI=1S/C8H11N5O2/c9-7-6-8(11-3-10-6)13(4-12-7)1-5(15)2-14/h3-5,9,14-15H,1-2H2,(H,10,11).